The van der Waals surface area contributed by atoms with Gasteiger partial charge in [-0.1, -0.05) is 43.3 Å². The van der Waals surface area contributed by atoms with Gasteiger partial charge in [0.1, 0.15) is 5.75 Å². The molecule has 0 fully saturated rings. The van der Waals surface area contributed by atoms with E-state index in [9.17, 15) is 18.4 Å². The lowest BCUT2D eigenvalue weighted by Crippen LogP contribution is -2.30. The van der Waals surface area contributed by atoms with Crippen molar-refractivity contribution >= 4 is 11.8 Å². The third-order valence-corrected chi connectivity index (χ3v) is 4.16. The lowest BCUT2D eigenvalue weighted by atomic mass is 10.0. The number of benzene rings is 2. The number of rotatable bonds is 10. The Morgan fingerprint density at radius 1 is 1.04 bits per heavy atom. The molecule has 1 unspecified atom stereocenters. The Kier molecular flexibility index (Phi) is 8.39. The summed E-state index contributed by atoms with van der Waals surface area (Å²) >= 11 is 0. The maximum absolute atomic E-state index is 12.6. The van der Waals surface area contributed by atoms with Crippen molar-refractivity contribution < 1.29 is 23.1 Å². The summed E-state index contributed by atoms with van der Waals surface area (Å²) in [7, 11) is 0. The Hall–Kier alpha value is -2.96. The van der Waals surface area contributed by atoms with E-state index in [2.05, 4.69) is 15.4 Å². The maximum atomic E-state index is 12.6. The zero-order chi connectivity index (χ0) is 20.4. The van der Waals surface area contributed by atoms with Gasteiger partial charge in [0.15, 0.2) is 0 Å². The van der Waals surface area contributed by atoms with Crippen LogP contribution in [-0.4, -0.2) is 25.0 Å². The quantitative estimate of drug-likeness (QED) is 0.601. The fraction of sp³-hybridized carbons (Fsp3) is 0.333. The molecule has 0 saturated carbocycles. The number of hydrogen-bond donors (Lipinski definition) is 2. The molecule has 5 nitrogen and oxygen atoms in total. The number of ether oxygens (including phenoxy) is 1. The number of carbonyl (C=O) groups is 2. The van der Waals surface area contributed by atoms with Crippen LogP contribution in [0.3, 0.4) is 0 Å². The number of hydrogen-bond acceptors (Lipinski definition) is 3. The summed E-state index contributed by atoms with van der Waals surface area (Å²) in [6.45, 7) is -0.713. The van der Waals surface area contributed by atoms with Gasteiger partial charge in [0.05, 0.1) is 6.04 Å². The SMILES string of the molecule is CCC(NC(=O)CCCNC(=O)c1ccccc1)c1ccccc1OC(F)F. The number of nitrogens with one attached hydrogen (secondary N) is 2. The highest BCUT2D eigenvalue weighted by Gasteiger charge is 2.18. The van der Waals surface area contributed by atoms with Crippen molar-refractivity contribution in [3.05, 3.63) is 65.7 Å². The molecule has 2 aromatic carbocycles. The molecule has 2 N–H and O–H groups in total. The van der Waals surface area contributed by atoms with Crippen LogP contribution in [0.25, 0.3) is 0 Å². The lowest BCUT2D eigenvalue weighted by molar-refractivity contribution is -0.122. The van der Waals surface area contributed by atoms with Crippen molar-refractivity contribution in [2.24, 2.45) is 0 Å². The first kappa shape index (κ1) is 21.3. The smallest absolute Gasteiger partial charge is 0.387 e. The minimum Gasteiger partial charge on any atom is -0.434 e. The average Bonchev–Trinajstić information content (AvgIpc) is 2.70. The van der Waals surface area contributed by atoms with Crippen LogP contribution in [0.1, 0.15) is 48.1 Å². The maximum Gasteiger partial charge on any atom is 0.387 e. The molecule has 0 aromatic heterocycles. The van der Waals surface area contributed by atoms with Crippen LogP contribution in [0.2, 0.25) is 0 Å². The van der Waals surface area contributed by atoms with Crippen molar-refractivity contribution in [2.75, 3.05) is 6.54 Å². The van der Waals surface area contributed by atoms with E-state index in [4.69, 9.17) is 0 Å². The van der Waals surface area contributed by atoms with E-state index in [1.165, 1.54) is 6.07 Å². The zero-order valence-corrected chi connectivity index (χ0v) is 15.7. The van der Waals surface area contributed by atoms with Gasteiger partial charge in [0.25, 0.3) is 5.91 Å². The Bertz CT molecular complexity index is 769. The molecule has 0 aliphatic rings. The Balaban J connectivity index is 1.82. The van der Waals surface area contributed by atoms with Crippen LogP contribution in [-0.2, 0) is 4.79 Å². The molecule has 2 amide bonds. The molecule has 7 heteroatoms. The number of carbonyl (C=O) groups excluding carboxylic acids is 2. The second-order valence-corrected chi connectivity index (χ2v) is 6.17. The minimum atomic E-state index is -2.93. The number of amides is 2. The van der Waals surface area contributed by atoms with Crippen LogP contribution in [0, 0.1) is 0 Å². The molecule has 2 aromatic rings. The van der Waals surface area contributed by atoms with E-state index in [0.717, 1.165) is 0 Å². The topological polar surface area (TPSA) is 67.4 Å². The van der Waals surface area contributed by atoms with Crippen molar-refractivity contribution in [1.29, 1.82) is 0 Å². The monoisotopic (exact) mass is 390 g/mol. The van der Waals surface area contributed by atoms with Gasteiger partial charge in [0, 0.05) is 24.1 Å². The molecule has 2 rings (SSSR count). The Morgan fingerprint density at radius 3 is 2.39 bits per heavy atom. The normalized spacial score (nSPS) is 11.7. The van der Waals surface area contributed by atoms with Crippen molar-refractivity contribution in [3.63, 3.8) is 0 Å². The molecule has 0 aliphatic heterocycles. The first-order chi connectivity index (χ1) is 13.5. The number of para-hydroxylation sites is 1. The van der Waals surface area contributed by atoms with Crippen molar-refractivity contribution in [3.8, 4) is 5.75 Å². The third kappa shape index (κ3) is 6.64. The molecule has 150 valence electrons. The van der Waals surface area contributed by atoms with Gasteiger partial charge in [-0.15, -0.1) is 0 Å². The molecule has 28 heavy (non-hydrogen) atoms. The van der Waals surface area contributed by atoms with Gasteiger partial charge >= 0.3 is 6.61 Å². The molecule has 0 heterocycles. The molecule has 0 saturated heterocycles. The first-order valence-electron chi connectivity index (χ1n) is 9.17. The fourth-order valence-electron chi connectivity index (χ4n) is 2.78. The lowest BCUT2D eigenvalue weighted by Gasteiger charge is -2.20. The average molecular weight is 390 g/mol. The zero-order valence-electron chi connectivity index (χ0n) is 15.7. The standard InChI is InChI=1S/C21H24F2N2O3/c1-2-17(16-11-6-7-12-18(16)28-21(22)23)25-19(26)13-8-14-24-20(27)15-9-4-3-5-10-15/h3-7,9-12,17,21H,2,8,13-14H2,1H3,(H,24,27)(H,25,26). The predicted molar refractivity (Wildman–Crippen MR) is 102 cm³/mol. The summed E-state index contributed by atoms with van der Waals surface area (Å²) in [4.78, 5) is 24.2. The largest absolute Gasteiger partial charge is 0.434 e. The Labute approximate surface area is 163 Å². The summed E-state index contributed by atoms with van der Waals surface area (Å²) in [6, 6.07) is 14.8. The van der Waals surface area contributed by atoms with Crippen molar-refractivity contribution in [1.82, 2.24) is 10.6 Å². The van der Waals surface area contributed by atoms with Crippen LogP contribution in [0.5, 0.6) is 5.75 Å². The van der Waals surface area contributed by atoms with Crippen LogP contribution < -0.4 is 15.4 Å². The van der Waals surface area contributed by atoms with Gasteiger partial charge in [-0.3, -0.25) is 9.59 Å². The van der Waals surface area contributed by atoms with E-state index < -0.39 is 12.7 Å². The van der Waals surface area contributed by atoms with Gasteiger partial charge < -0.3 is 15.4 Å². The molecular formula is C21H24F2N2O3. The highest BCUT2D eigenvalue weighted by Crippen LogP contribution is 2.28. The van der Waals surface area contributed by atoms with Gasteiger partial charge in [-0.2, -0.15) is 8.78 Å². The van der Waals surface area contributed by atoms with Gasteiger partial charge in [0.2, 0.25) is 5.91 Å². The van der Waals surface area contributed by atoms with E-state index in [-0.39, 0.29) is 24.0 Å². The second kappa shape index (κ2) is 11.0. The van der Waals surface area contributed by atoms with Crippen LogP contribution in [0.15, 0.2) is 54.6 Å². The molecule has 0 spiro atoms. The minimum absolute atomic E-state index is 0.0553. The van der Waals surface area contributed by atoms with E-state index >= 15 is 0 Å². The number of alkyl halides is 2. The van der Waals surface area contributed by atoms with E-state index in [0.29, 0.717) is 30.5 Å². The first-order valence-corrected chi connectivity index (χ1v) is 9.17. The highest BCUT2D eigenvalue weighted by atomic mass is 19.3. The Morgan fingerprint density at radius 2 is 1.71 bits per heavy atom. The summed E-state index contributed by atoms with van der Waals surface area (Å²) in [5.41, 5.74) is 1.07. The second-order valence-electron chi connectivity index (χ2n) is 6.17. The molecule has 0 bridgehead atoms. The predicted octanol–water partition coefficient (Wildman–Crippen LogP) is 4.07. The van der Waals surface area contributed by atoms with Gasteiger partial charge in [-0.05, 0) is 31.0 Å². The third-order valence-electron chi connectivity index (χ3n) is 4.16. The summed E-state index contributed by atoms with van der Waals surface area (Å²) in [5.74, 6) is -0.349. The van der Waals surface area contributed by atoms with Crippen LogP contribution >= 0.6 is 0 Å². The summed E-state index contributed by atoms with van der Waals surface area (Å²) < 4.78 is 29.7. The van der Waals surface area contributed by atoms with Gasteiger partial charge in [-0.25, -0.2) is 0 Å². The fourth-order valence-corrected chi connectivity index (χ4v) is 2.78. The number of halogens is 2. The highest BCUT2D eigenvalue weighted by molar-refractivity contribution is 5.94. The van der Waals surface area contributed by atoms with Crippen LogP contribution in [0.4, 0.5) is 8.78 Å². The summed E-state index contributed by atoms with van der Waals surface area (Å²) in [6.07, 6.45) is 1.21. The molecule has 0 aliphatic carbocycles. The summed E-state index contributed by atoms with van der Waals surface area (Å²) in [5, 5.41) is 5.60. The van der Waals surface area contributed by atoms with E-state index in [1.807, 2.05) is 13.0 Å². The van der Waals surface area contributed by atoms with E-state index in [1.54, 1.807) is 42.5 Å². The molecule has 0 radical (unpaired) electrons. The molecular weight excluding hydrogens is 366 g/mol. The molecule has 1 atom stereocenters. The van der Waals surface area contributed by atoms with Crippen molar-refractivity contribution in [2.45, 2.75) is 38.8 Å².